The number of aromatic nitrogens is 1. The number of nitrogens with zero attached hydrogens (tertiary/aromatic N) is 2. The highest BCUT2D eigenvalue weighted by Crippen LogP contribution is 2.24. The largest absolute Gasteiger partial charge is 0.350 e. The first-order chi connectivity index (χ1) is 8.91. The number of nitrogens with one attached hydrogen (secondary N) is 1. The van der Waals surface area contributed by atoms with Crippen LogP contribution in [0.15, 0.2) is 18.3 Å². The van der Waals surface area contributed by atoms with E-state index in [9.17, 15) is 13.6 Å². The number of benzene rings is 1. The van der Waals surface area contributed by atoms with Crippen LogP contribution in [0.3, 0.4) is 0 Å². The van der Waals surface area contributed by atoms with Crippen LogP contribution in [-0.4, -0.2) is 22.5 Å². The summed E-state index contributed by atoms with van der Waals surface area (Å²) in [4.78, 5) is 11.0. The first-order valence-corrected chi connectivity index (χ1v) is 5.81. The molecule has 0 saturated heterocycles. The SMILES string of the molecule is CC(=O)N(C)NCc1c(F)cc2c(ccn2C)c1F. The highest BCUT2D eigenvalue weighted by atomic mass is 19.1. The monoisotopic (exact) mass is 267 g/mol. The number of hydrogen-bond acceptors (Lipinski definition) is 2. The summed E-state index contributed by atoms with van der Waals surface area (Å²) in [6, 6.07) is 2.89. The van der Waals surface area contributed by atoms with Gasteiger partial charge in [-0.2, -0.15) is 0 Å². The zero-order valence-electron chi connectivity index (χ0n) is 11.0. The Labute approximate surface area is 109 Å². The van der Waals surface area contributed by atoms with Gasteiger partial charge in [0, 0.05) is 44.7 Å². The Morgan fingerprint density at radius 2 is 2.16 bits per heavy atom. The Morgan fingerprint density at radius 3 is 2.79 bits per heavy atom. The maximum Gasteiger partial charge on any atom is 0.233 e. The normalized spacial score (nSPS) is 11.0. The van der Waals surface area contributed by atoms with Gasteiger partial charge in [0.25, 0.3) is 0 Å². The van der Waals surface area contributed by atoms with Gasteiger partial charge in [-0.3, -0.25) is 9.80 Å². The second-order valence-electron chi connectivity index (χ2n) is 4.42. The van der Waals surface area contributed by atoms with Gasteiger partial charge in [-0.1, -0.05) is 0 Å². The van der Waals surface area contributed by atoms with Gasteiger partial charge in [0.1, 0.15) is 11.6 Å². The van der Waals surface area contributed by atoms with Gasteiger partial charge in [-0.05, 0) is 12.1 Å². The minimum atomic E-state index is -0.628. The third-order valence-electron chi connectivity index (χ3n) is 3.14. The lowest BCUT2D eigenvalue weighted by Gasteiger charge is -2.17. The van der Waals surface area contributed by atoms with Crippen LogP contribution >= 0.6 is 0 Å². The highest BCUT2D eigenvalue weighted by Gasteiger charge is 2.16. The van der Waals surface area contributed by atoms with Crippen LogP contribution < -0.4 is 5.43 Å². The van der Waals surface area contributed by atoms with E-state index in [2.05, 4.69) is 5.43 Å². The number of hydrazine groups is 1. The van der Waals surface area contributed by atoms with E-state index in [1.807, 2.05) is 0 Å². The molecule has 0 bridgehead atoms. The summed E-state index contributed by atoms with van der Waals surface area (Å²) in [5.74, 6) is -1.46. The Bertz CT molecular complexity index is 636. The Hall–Kier alpha value is -1.95. The van der Waals surface area contributed by atoms with Crippen molar-refractivity contribution in [2.75, 3.05) is 7.05 Å². The predicted molar refractivity (Wildman–Crippen MR) is 68.1 cm³/mol. The van der Waals surface area contributed by atoms with Crippen molar-refractivity contribution >= 4 is 16.8 Å². The van der Waals surface area contributed by atoms with Crippen LogP contribution in [0.1, 0.15) is 12.5 Å². The van der Waals surface area contributed by atoms with Crippen molar-refractivity contribution in [1.82, 2.24) is 15.0 Å². The van der Waals surface area contributed by atoms with Gasteiger partial charge >= 0.3 is 0 Å². The minimum absolute atomic E-state index is 0.0770. The lowest BCUT2D eigenvalue weighted by molar-refractivity contribution is -0.130. The summed E-state index contributed by atoms with van der Waals surface area (Å²) in [7, 11) is 3.22. The fourth-order valence-electron chi connectivity index (χ4n) is 1.85. The molecule has 4 nitrogen and oxygen atoms in total. The van der Waals surface area contributed by atoms with Crippen molar-refractivity contribution in [3.63, 3.8) is 0 Å². The lowest BCUT2D eigenvalue weighted by Crippen LogP contribution is -2.37. The Balaban J connectivity index is 2.35. The van der Waals surface area contributed by atoms with Crippen LogP contribution in [-0.2, 0) is 18.4 Å². The number of aryl methyl sites for hydroxylation is 1. The van der Waals surface area contributed by atoms with Crippen molar-refractivity contribution < 1.29 is 13.6 Å². The molecule has 2 aromatic rings. The van der Waals surface area contributed by atoms with E-state index in [0.717, 1.165) is 0 Å². The molecule has 0 aliphatic rings. The molecule has 0 unspecified atom stereocenters. The molecule has 1 aromatic heterocycles. The first kappa shape index (κ1) is 13.5. The Morgan fingerprint density at radius 1 is 1.47 bits per heavy atom. The molecule has 0 fully saturated rings. The standard InChI is InChI=1S/C13H15F2N3O/c1-8(19)18(3)16-7-10-11(14)6-12-9(13(10)15)4-5-17(12)2/h4-6,16H,7H2,1-3H3. The van der Waals surface area contributed by atoms with Gasteiger partial charge in [0.2, 0.25) is 5.91 Å². The third kappa shape index (κ3) is 2.44. The zero-order valence-corrected chi connectivity index (χ0v) is 11.0. The molecule has 0 saturated carbocycles. The molecular formula is C13H15F2N3O. The van der Waals surface area contributed by atoms with Crippen molar-refractivity contribution in [2.45, 2.75) is 13.5 Å². The quantitative estimate of drug-likeness (QED) is 0.863. The summed E-state index contributed by atoms with van der Waals surface area (Å²) in [6.45, 7) is 1.28. The van der Waals surface area contributed by atoms with Crippen LogP contribution in [0.5, 0.6) is 0 Å². The molecule has 0 spiro atoms. The van der Waals surface area contributed by atoms with Crippen LogP contribution in [0.2, 0.25) is 0 Å². The molecule has 0 aliphatic carbocycles. The number of halogens is 2. The average Bonchev–Trinajstić information content (AvgIpc) is 2.70. The fraction of sp³-hybridized carbons (Fsp3) is 0.308. The molecular weight excluding hydrogens is 252 g/mol. The molecule has 6 heteroatoms. The fourth-order valence-corrected chi connectivity index (χ4v) is 1.85. The van der Waals surface area contributed by atoms with E-state index >= 15 is 0 Å². The van der Waals surface area contributed by atoms with E-state index in [1.165, 1.54) is 25.0 Å². The predicted octanol–water partition coefficient (Wildman–Crippen LogP) is 1.94. The maximum atomic E-state index is 14.2. The summed E-state index contributed by atoms with van der Waals surface area (Å²) in [5, 5.41) is 1.56. The van der Waals surface area contributed by atoms with E-state index in [0.29, 0.717) is 10.9 Å². The van der Waals surface area contributed by atoms with E-state index in [1.54, 1.807) is 23.9 Å². The second-order valence-corrected chi connectivity index (χ2v) is 4.42. The van der Waals surface area contributed by atoms with E-state index in [-0.39, 0.29) is 18.0 Å². The van der Waals surface area contributed by atoms with Crippen LogP contribution in [0.4, 0.5) is 8.78 Å². The summed E-state index contributed by atoms with van der Waals surface area (Å²) in [6.07, 6.45) is 1.67. The van der Waals surface area contributed by atoms with Crippen LogP contribution in [0.25, 0.3) is 10.9 Å². The number of hydrogen-bond donors (Lipinski definition) is 1. The minimum Gasteiger partial charge on any atom is -0.350 e. The molecule has 1 aromatic carbocycles. The molecule has 102 valence electrons. The van der Waals surface area contributed by atoms with E-state index in [4.69, 9.17) is 0 Å². The second kappa shape index (κ2) is 4.97. The zero-order chi connectivity index (χ0) is 14.2. The van der Waals surface area contributed by atoms with Crippen molar-refractivity contribution in [2.24, 2.45) is 7.05 Å². The molecule has 2 rings (SSSR count). The molecule has 0 atom stereocenters. The number of fused-ring (bicyclic) bond motifs is 1. The number of carbonyl (C=O) groups excluding carboxylic acids is 1. The first-order valence-electron chi connectivity index (χ1n) is 5.81. The molecule has 1 heterocycles. The smallest absolute Gasteiger partial charge is 0.233 e. The number of amides is 1. The van der Waals surface area contributed by atoms with Crippen LogP contribution in [0, 0.1) is 11.6 Å². The topological polar surface area (TPSA) is 37.3 Å². The van der Waals surface area contributed by atoms with Gasteiger partial charge in [-0.25, -0.2) is 14.2 Å². The Kier molecular flexibility index (Phi) is 3.53. The molecule has 1 amide bonds. The van der Waals surface area contributed by atoms with Crippen molar-refractivity contribution in [1.29, 1.82) is 0 Å². The molecule has 19 heavy (non-hydrogen) atoms. The lowest BCUT2D eigenvalue weighted by atomic mass is 10.1. The number of rotatable bonds is 3. The summed E-state index contributed by atoms with van der Waals surface area (Å²) < 4.78 is 29.7. The summed E-state index contributed by atoms with van der Waals surface area (Å²) in [5.41, 5.74) is 3.07. The van der Waals surface area contributed by atoms with Crippen molar-refractivity contribution in [3.8, 4) is 0 Å². The van der Waals surface area contributed by atoms with Gasteiger partial charge in [-0.15, -0.1) is 0 Å². The van der Waals surface area contributed by atoms with E-state index < -0.39 is 11.6 Å². The van der Waals surface area contributed by atoms with Gasteiger partial charge in [0.15, 0.2) is 0 Å². The maximum absolute atomic E-state index is 14.2. The number of carbonyl (C=O) groups is 1. The molecule has 1 N–H and O–H groups in total. The van der Waals surface area contributed by atoms with Gasteiger partial charge in [0.05, 0.1) is 5.52 Å². The van der Waals surface area contributed by atoms with Crippen molar-refractivity contribution in [3.05, 3.63) is 35.5 Å². The summed E-state index contributed by atoms with van der Waals surface area (Å²) >= 11 is 0. The molecule has 0 aliphatic heterocycles. The molecule has 0 radical (unpaired) electrons. The van der Waals surface area contributed by atoms with Gasteiger partial charge < -0.3 is 4.57 Å². The highest BCUT2D eigenvalue weighted by molar-refractivity contribution is 5.81. The third-order valence-corrected chi connectivity index (χ3v) is 3.14. The average molecular weight is 267 g/mol.